The van der Waals surface area contributed by atoms with Crippen molar-refractivity contribution in [3.63, 3.8) is 0 Å². The van der Waals surface area contributed by atoms with E-state index >= 15 is 0 Å². The van der Waals surface area contributed by atoms with E-state index in [0.29, 0.717) is 11.3 Å². The quantitative estimate of drug-likeness (QED) is 0.559. The van der Waals surface area contributed by atoms with Gasteiger partial charge in [0.25, 0.3) is 0 Å². The first-order valence-electron chi connectivity index (χ1n) is 9.20. The van der Waals surface area contributed by atoms with Crippen LogP contribution in [0.1, 0.15) is 37.8 Å². The summed E-state index contributed by atoms with van der Waals surface area (Å²) in [4.78, 5) is 0. The van der Waals surface area contributed by atoms with Gasteiger partial charge in [-0.05, 0) is 0 Å². The summed E-state index contributed by atoms with van der Waals surface area (Å²) in [6.07, 6.45) is 21.1. The molecule has 0 saturated heterocycles. The predicted octanol–water partition coefficient (Wildman–Crippen LogP) is 6.38. The van der Waals surface area contributed by atoms with E-state index in [9.17, 15) is 0 Å². The van der Waals surface area contributed by atoms with Gasteiger partial charge in [0.05, 0.1) is 0 Å². The van der Waals surface area contributed by atoms with Crippen LogP contribution in [-0.2, 0) is 5.16 Å². The Balaban J connectivity index is 2.11. The fourth-order valence-corrected chi connectivity index (χ4v) is 10.4. The molecule has 2 atom stereocenters. The van der Waals surface area contributed by atoms with Crippen molar-refractivity contribution in [1.29, 1.82) is 0 Å². The van der Waals surface area contributed by atoms with Crippen molar-refractivity contribution < 1.29 is 0 Å². The molecule has 0 fully saturated rings. The second-order valence-corrected chi connectivity index (χ2v) is 13.3. The summed E-state index contributed by atoms with van der Waals surface area (Å²) in [7, 11) is -1.72. The Hall–Kier alpha value is -1.39. The maximum absolute atomic E-state index is 2.65. The van der Waals surface area contributed by atoms with Crippen molar-refractivity contribution in [2.45, 2.75) is 50.1 Å². The fraction of sp³-hybridized carbons (Fsp3) is 0.391. The van der Waals surface area contributed by atoms with Crippen molar-refractivity contribution in [3.8, 4) is 0 Å². The van der Waals surface area contributed by atoms with Crippen LogP contribution in [0, 0.1) is 6.92 Å². The van der Waals surface area contributed by atoms with E-state index in [0.717, 1.165) is 0 Å². The van der Waals surface area contributed by atoms with Crippen LogP contribution in [0.25, 0.3) is 0 Å². The number of aryl methyl sites for hydroxylation is 1. The Morgan fingerprint density at radius 2 is 1.42 bits per heavy atom. The summed E-state index contributed by atoms with van der Waals surface area (Å²) in [6.45, 7) is 9.96. The van der Waals surface area contributed by atoms with Crippen molar-refractivity contribution >= 4 is 7.26 Å². The van der Waals surface area contributed by atoms with E-state index in [-0.39, 0.29) is 5.16 Å². The van der Waals surface area contributed by atoms with Crippen molar-refractivity contribution in [2.75, 3.05) is 6.66 Å². The predicted molar refractivity (Wildman–Crippen MR) is 112 cm³/mol. The van der Waals surface area contributed by atoms with Gasteiger partial charge in [-0.3, -0.25) is 0 Å². The molecule has 1 heteroatoms. The van der Waals surface area contributed by atoms with Gasteiger partial charge >= 0.3 is 148 Å². The van der Waals surface area contributed by atoms with Crippen molar-refractivity contribution in [3.05, 3.63) is 84.0 Å². The fourth-order valence-electron chi connectivity index (χ4n) is 4.82. The minimum absolute atomic E-state index is 0.221. The van der Waals surface area contributed by atoms with Crippen LogP contribution in [0.15, 0.2) is 72.9 Å². The molecule has 24 heavy (non-hydrogen) atoms. The van der Waals surface area contributed by atoms with E-state index in [1.807, 2.05) is 0 Å². The van der Waals surface area contributed by atoms with Gasteiger partial charge in [0.2, 0.25) is 0 Å². The normalized spacial score (nSPS) is 24.3. The second kappa shape index (κ2) is 6.85. The first-order valence-corrected chi connectivity index (χ1v) is 11.9. The summed E-state index contributed by atoms with van der Waals surface area (Å²) in [5.74, 6) is 0. The topological polar surface area (TPSA) is 0 Å². The zero-order valence-corrected chi connectivity index (χ0v) is 16.5. The van der Waals surface area contributed by atoms with Gasteiger partial charge in [-0.2, -0.15) is 0 Å². The molecule has 1 aromatic carbocycles. The van der Waals surface area contributed by atoms with E-state index in [1.54, 1.807) is 5.56 Å². The molecule has 0 aliphatic heterocycles. The molecule has 2 unspecified atom stereocenters. The summed E-state index contributed by atoms with van der Waals surface area (Å²) in [5.41, 5.74) is 4.37. The van der Waals surface area contributed by atoms with Gasteiger partial charge in [0.15, 0.2) is 0 Å². The molecule has 1 aromatic rings. The number of allylic oxidation sites excluding steroid dienone is 8. The minimum atomic E-state index is -1.72. The molecule has 0 amide bonds. The van der Waals surface area contributed by atoms with Gasteiger partial charge in [0, 0.05) is 0 Å². The first kappa shape index (κ1) is 17.4. The number of hydrogen-bond acceptors (Lipinski definition) is 0. The van der Waals surface area contributed by atoms with Gasteiger partial charge < -0.3 is 0 Å². The van der Waals surface area contributed by atoms with Gasteiger partial charge in [-0.1, -0.05) is 0 Å². The Labute approximate surface area is 148 Å². The molecule has 0 radical (unpaired) electrons. The average molecular weight is 338 g/mol. The molecule has 0 bridgehead atoms. The molecule has 3 rings (SSSR count). The Morgan fingerprint density at radius 3 is 1.88 bits per heavy atom. The van der Waals surface area contributed by atoms with E-state index in [4.69, 9.17) is 0 Å². The first-order chi connectivity index (χ1) is 11.5. The van der Waals surface area contributed by atoms with Crippen LogP contribution in [0.5, 0.6) is 0 Å². The average Bonchev–Trinajstić information content (AvgIpc) is 2.62. The summed E-state index contributed by atoms with van der Waals surface area (Å²) in [6, 6.07) is 9.02. The third-order valence-corrected chi connectivity index (χ3v) is 13.6. The van der Waals surface area contributed by atoms with Crippen LogP contribution in [0.3, 0.4) is 0 Å². The second-order valence-electron chi connectivity index (χ2n) is 8.03. The van der Waals surface area contributed by atoms with Gasteiger partial charge in [-0.15, -0.1) is 0 Å². The van der Waals surface area contributed by atoms with Crippen molar-refractivity contribution in [2.24, 2.45) is 0 Å². The molecule has 0 spiro atoms. The Morgan fingerprint density at radius 1 is 0.875 bits per heavy atom. The molecule has 0 aromatic heterocycles. The van der Waals surface area contributed by atoms with Crippen LogP contribution in [-0.4, -0.2) is 18.0 Å². The Kier molecular flexibility index (Phi) is 4.97. The number of rotatable bonds is 4. The SMILES string of the molecule is Cc1ccccc1C(C)(C)[PH](C)(C1C=CC=CC1)C1C=CC=CC1. The Bertz CT molecular complexity index is 673. The molecular weight excluding hydrogens is 307 g/mol. The van der Waals surface area contributed by atoms with Gasteiger partial charge in [-0.25, -0.2) is 0 Å². The maximum atomic E-state index is 2.65. The van der Waals surface area contributed by atoms with Crippen LogP contribution >= 0.6 is 7.26 Å². The third-order valence-electron chi connectivity index (χ3n) is 6.67. The molecule has 0 N–H and O–H groups in total. The van der Waals surface area contributed by atoms with E-state index < -0.39 is 7.26 Å². The monoisotopic (exact) mass is 338 g/mol. The van der Waals surface area contributed by atoms with E-state index in [1.165, 1.54) is 18.4 Å². The summed E-state index contributed by atoms with van der Waals surface area (Å²) < 4.78 is 0. The molecule has 0 saturated carbocycles. The molecular formula is C23H31P. The molecule has 128 valence electrons. The van der Waals surface area contributed by atoms with Crippen molar-refractivity contribution in [1.82, 2.24) is 0 Å². The molecule has 0 nitrogen and oxygen atoms in total. The van der Waals surface area contributed by atoms with Gasteiger partial charge in [0.1, 0.15) is 0 Å². The molecule has 0 heterocycles. The standard InChI is InChI=1S/C23H31P/c1-19-13-11-12-18-22(19)23(2,3)24(4,20-14-7-5-8-15-20)21-16-9-6-10-17-21/h5-14,16,18,20-21,24H,15,17H2,1-4H3. The van der Waals surface area contributed by atoms with E-state index in [2.05, 4.69) is 100 Å². The molecule has 2 aliphatic rings. The number of benzene rings is 1. The summed E-state index contributed by atoms with van der Waals surface area (Å²) in [5, 5.41) is 0.221. The zero-order chi connectivity index (χ0) is 17.2. The third kappa shape index (κ3) is 2.86. The van der Waals surface area contributed by atoms with Crippen LogP contribution in [0.4, 0.5) is 0 Å². The molecule has 2 aliphatic carbocycles. The van der Waals surface area contributed by atoms with Crippen LogP contribution in [0.2, 0.25) is 0 Å². The zero-order valence-electron chi connectivity index (χ0n) is 15.5. The van der Waals surface area contributed by atoms with Crippen LogP contribution < -0.4 is 0 Å². The summed E-state index contributed by atoms with van der Waals surface area (Å²) >= 11 is 0. The number of hydrogen-bond donors (Lipinski definition) is 0.